The number of hydrogen-bond acceptors (Lipinski definition) is 2. The van der Waals surface area contributed by atoms with E-state index in [9.17, 15) is 4.79 Å². The number of rotatable bonds is 3. The van der Waals surface area contributed by atoms with Crippen LogP contribution >= 0.6 is 12.6 Å². The molecule has 1 aliphatic rings. The van der Waals surface area contributed by atoms with E-state index >= 15 is 0 Å². The summed E-state index contributed by atoms with van der Waals surface area (Å²) >= 11 is 4.43. The second kappa shape index (κ2) is 4.74. The number of carbonyl (C=O) groups excluding carboxylic acids is 1. The van der Waals surface area contributed by atoms with Crippen molar-refractivity contribution in [3.05, 3.63) is 0 Å². The van der Waals surface area contributed by atoms with E-state index in [-0.39, 0.29) is 11.4 Å². The van der Waals surface area contributed by atoms with Gasteiger partial charge >= 0.3 is 6.03 Å². The van der Waals surface area contributed by atoms with Crippen molar-refractivity contribution in [3.63, 3.8) is 0 Å². The highest BCUT2D eigenvalue weighted by Gasteiger charge is 2.26. The number of amides is 2. The Morgan fingerprint density at radius 1 is 1.54 bits per heavy atom. The molecule has 0 radical (unpaired) electrons. The fraction of sp³-hybridized carbons (Fsp3) is 0.889. The smallest absolute Gasteiger partial charge is 0.320 e. The third kappa shape index (κ3) is 2.53. The Hall–Kier alpha value is -0.380. The number of thiol groups is 1. The van der Waals surface area contributed by atoms with Gasteiger partial charge in [-0.15, -0.1) is 0 Å². The third-order valence-corrected chi connectivity index (χ3v) is 2.91. The maximum absolute atomic E-state index is 11.6. The molecule has 1 atom stereocenters. The first-order valence-corrected chi connectivity index (χ1v) is 5.38. The molecular weight excluding hydrogens is 184 g/mol. The van der Waals surface area contributed by atoms with Gasteiger partial charge in [-0.2, -0.15) is 12.6 Å². The largest absolute Gasteiger partial charge is 0.328 e. The van der Waals surface area contributed by atoms with Crippen molar-refractivity contribution < 1.29 is 4.79 Å². The average Bonchev–Trinajstić information content (AvgIpc) is 2.10. The first-order chi connectivity index (χ1) is 6.16. The monoisotopic (exact) mass is 202 g/mol. The molecule has 1 unspecified atom stereocenters. The molecular formula is C9H18N2OS. The molecule has 3 nitrogen and oxygen atoms in total. The number of urea groups is 1. The molecule has 4 heteroatoms. The van der Waals surface area contributed by atoms with Crippen LogP contribution in [-0.4, -0.2) is 41.3 Å². The highest BCUT2D eigenvalue weighted by Crippen LogP contribution is 2.16. The molecule has 1 aliphatic heterocycles. The molecule has 1 fully saturated rings. The Kier molecular flexibility index (Phi) is 3.90. The molecule has 13 heavy (non-hydrogen) atoms. The highest BCUT2D eigenvalue weighted by atomic mass is 32.1. The molecule has 76 valence electrons. The van der Waals surface area contributed by atoms with Gasteiger partial charge in [0.2, 0.25) is 0 Å². The number of carbonyl (C=O) groups is 1. The van der Waals surface area contributed by atoms with Crippen LogP contribution in [0.1, 0.15) is 26.2 Å². The molecule has 0 aromatic rings. The predicted octanol–water partition coefficient (Wildman–Crippen LogP) is 1.80. The van der Waals surface area contributed by atoms with E-state index in [2.05, 4.69) is 19.6 Å². The van der Waals surface area contributed by atoms with Crippen LogP contribution in [0.4, 0.5) is 4.79 Å². The van der Waals surface area contributed by atoms with Gasteiger partial charge in [0.15, 0.2) is 0 Å². The quantitative estimate of drug-likeness (QED) is 0.693. The second-order valence-electron chi connectivity index (χ2n) is 3.52. The van der Waals surface area contributed by atoms with Crippen molar-refractivity contribution in [1.82, 2.24) is 9.80 Å². The topological polar surface area (TPSA) is 23.6 Å². The number of hydrogen-bond donors (Lipinski definition) is 1. The summed E-state index contributed by atoms with van der Waals surface area (Å²) in [6, 6.07) is 0.125. The van der Waals surface area contributed by atoms with Crippen molar-refractivity contribution >= 4 is 18.7 Å². The Balaban J connectivity index is 2.52. The Bertz CT molecular complexity index is 186. The molecule has 0 aliphatic carbocycles. The van der Waals surface area contributed by atoms with Gasteiger partial charge in [0.1, 0.15) is 0 Å². The lowest BCUT2D eigenvalue weighted by Gasteiger charge is -2.36. The Labute approximate surface area is 85.5 Å². The van der Waals surface area contributed by atoms with E-state index in [1.165, 1.54) is 0 Å². The Morgan fingerprint density at radius 3 is 2.85 bits per heavy atom. The molecule has 0 spiro atoms. The number of nitrogens with zero attached hydrogens (tertiary/aromatic N) is 2. The lowest BCUT2D eigenvalue weighted by molar-refractivity contribution is 0.135. The molecule has 1 rings (SSSR count). The summed E-state index contributed by atoms with van der Waals surface area (Å²) in [5.74, 6) is 0. The minimum atomic E-state index is 0.0975. The summed E-state index contributed by atoms with van der Waals surface area (Å²) < 4.78 is 0. The maximum Gasteiger partial charge on any atom is 0.320 e. The first-order valence-electron chi connectivity index (χ1n) is 4.86. The van der Waals surface area contributed by atoms with Gasteiger partial charge in [0.25, 0.3) is 0 Å². The van der Waals surface area contributed by atoms with Crippen molar-refractivity contribution in [2.24, 2.45) is 0 Å². The maximum atomic E-state index is 11.6. The minimum absolute atomic E-state index is 0.0975. The van der Waals surface area contributed by atoms with E-state index < -0.39 is 0 Å². The standard InChI is InChI=1S/C9H18N2OS/c1-3-5-8(13)11-7-4-6-10(2)9(11)12/h8,13H,3-7H2,1-2H3. The lowest BCUT2D eigenvalue weighted by Crippen LogP contribution is -2.50. The van der Waals surface area contributed by atoms with Gasteiger partial charge in [0, 0.05) is 20.1 Å². The zero-order valence-corrected chi connectivity index (χ0v) is 9.26. The van der Waals surface area contributed by atoms with Crippen LogP contribution in [0.25, 0.3) is 0 Å². The van der Waals surface area contributed by atoms with Crippen molar-refractivity contribution in [2.45, 2.75) is 31.6 Å². The van der Waals surface area contributed by atoms with Crippen molar-refractivity contribution in [1.29, 1.82) is 0 Å². The summed E-state index contributed by atoms with van der Waals surface area (Å²) in [5, 5.41) is 0.0975. The van der Waals surface area contributed by atoms with Crippen LogP contribution in [0.5, 0.6) is 0 Å². The molecule has 0 N–H and O–H groups in total. The van der Waals surface area contributed by atoms with Gasteiger partial charge in [-0.1, -0.05) is 13.3 Å². The van der Waals surface area contributed by atoms with Gasteiger partial charge in [-0.3, -0.25) is 0 Å². The first kappa shape index (κ1) is 10.7. The zero-order valence-electron chi connectivity index (χ0n) is 8.36. The zero-order chi connectivity index (χ0) is 9.84. The third-order valence-electron chi connectivity index (χ3n) is 2.37. The van der Waals surface area contributed by atoms with E-state index in [4.69, 9.17) is 0 Å². The van der Waals surface area contributed by atoms with Crippen molar-refractivity contribution in [3.8, 4) is 0 Å². The van der Waals surface area contributed by atoms with Crippen LogP contribution in [0, 0.1) is 0 Å². The van der Waals surface area contributed by atoms with E-state index in [0.29, 0.717) is 0 Å². The molecule has 2 amide bonds. The summed E-state index contributed by atoms with van der Waals surface area (Å²) in [6.45, 7) is 3.85. The fourth-order valence-corrected chi connectivity index (χ4v) is 2.05. The lowest BCUT2D eigenvalue weighted by atomic mass is 10.2. The average molecular weight is 202 g/mol. The molecule has 1 heterocycles. The van der Waals surface area contributed by atoms with Gasteiger partial charge in [0.05, 0.1) is 5.37 Å². The van der Waals surface area contributed by atoms with Crippen LogP contribution in [0.15, 0.2) is 0 Å². The molecule has 0 aromatic carbocycles. The second-order valence-corrected chi connectivity index (χ2v) is 4.12. The van der Waals surface area contributed by atoms with Crippen molar-refractivity contribution in [2.75, 3.05) is 20.1 Å². The SMILES string of the molecule is CCCC(S)N1CCCN(C)C1=O. The van der Waals surface area contributed by atoms with E-state index in [0.717, 1.165) is 32.4 Å². The minimum Gasteiger partial charge on any atom is -0.328 e. The summed E-state index contributed by atoms with van der Waals surface area (Å²) in [6.07, 6.45) is 3.10. The van der Waals surface area contributed by atoms with E-state index in [1.54, 1.807) is 4.90 Å². The van der Waals surface area contributed by atoms with E-state index in [1.807, 2.05) is 11.9 Å². The predicted molar refractivity (Wildman–Crippen MR) is 57.0 cm³/mol. The van der Waals surface area contributed by atoms with Gasteiger partial charge < -0.3 is 9.80 Å². The fourth-order valence-electron chi connectivity index (χ4n) is 1.58. The highest BCUT2D eigenvalue weighted by molar-refractivity contribution is 7.80. The summed E-state index contributed by atoms with van der Waals surface area (Å²) in [4.78, 5) is 15.3. The normalized spacial score (nSPS) is 20.7. The Morgan fingerprint density at radius 2 is 2.23 bits per heavy atom. The molecule has 1 saturated heterocycles. The molecule has 0 saturated carbocycles. The summed E-state index contributed by atoms with van der Waals surface area (Å²) in [7, 11) is 1.85. The van der Waals surface area contributed by atoms with Crippen LogP contribution in [0.2, 0.25) is 0 Å². The van der Waals surface area contributed by atoms with Gasteiger partial charge in [-0.25, -0.2) is 4.79 Å². The summed E-state index contributed by atoms with van der Waals surface area (Å²) in [5.41, 5.74) is 0. The van der Waals surface area contributed by atoms with Gasteiger partial charge in [-0.05, 0) is 12.8 Å². The van der Waals surface area contributed by atoms with Crippen LogP contribution in [-0.2, 0) is 0 Å². The molecule has 0 aromatic heterocycles. The van der Waals surface area contributed by atoms with Crippen LogP contribution < -0.4 is 0 Å². The van der Waals surface area contributed by atoms with Crippen LogP contribution in [0.3, 0.4) is 0 Å². The molecule has 0 bridgehead atoms.